The molecule has 13 rings (SSSR count). The first kappa shape index (κ1) is 37.8. The third kappa shape index (κ3) is 6.18. The Morgan fingerprint density at radius 3 is 1.58 bits per heavy atom. The second kappa shape index (κ2) is 15.5. The molecule has 1 aromatic heterocycles. The molecule has 66 heavy (non-hydrogen) atoms. The van der Waals surface area contributed by atoms with Crippen molar-refractivity contribution in [3.8, 4) is 39.1 Å². The van der Waals surface area contributed by atoms with Gasteiger partial charge >= 0.3 is 0 Å². The second-order valence-corrected chi connectivity index (χ2v) is 17.2. The van der Waals surface area contributed by atoms with Crippen LogP contribution >= 0.6 is 0 Å². The molecule has 0 aliphatic carbocycles. The van der Waals surface area contributed by atoms with Crippen molar-refractivity contribution in [1.29, 1.82) is 0 Å². The average molecular weight is 839 g/mol. The number of benzene rings is 12. The van der Waals surface area contributed by atoms with E-state index in [4.69, 9.17) is 0 Å². The molecular weight excluding hydrogens is 797 g/mol. The van der Waals surface area contributed by atoms with Crippen LogP contribution in [0.3, 0.4) is 0 Å². The molecule has 2 heteroatoms. The number of anilines is 3. The molecular formula is C64H42N2. The number of rotatable bonds is 7. The molecule has 0 aliphatic heterocycles. The topological polar surface area (TPSA) is 8.17 Å². The molecule has 1 heterocycles. The highest BCUT2D eigenvalue weighted by atomic mass is 15.1. The number of hydrogen-bond acceptors (Lipinski definition) is 1. The molecule has 0 amide bonds. The van der Waals surface area contributed by atoms with Crippen LogP contribution in [0.5, 0.6) is 0 Å². The van der Waals surface area contributed by atoms with Crippen LogP contribution in [-0.2, 0) is 0 Å². The number of aromatic nitrogens is 1. The molecule has 0 unspecified atom stereocenters. The minimum absolute atomic E-state index is 1.08. The molecule has 0 saturated carbocycles. The van der Waals surface area contributed by atoms with Crippen LogP contribution in [0.25, 0.3) is 104 Å². The lowest BCUT2D eigenvalue weighted by Crippen LogP contribution is -2.10. The van der Waals surface area contributed by atoms with E-state index in [9.17, 15) is 0 Å². The molecule has 0 saturated heterocycles. The Hall–Kier alpha value is -8.72. The fourth-order valence-corrected chi connectivity index (χ4v) is 10.5. The fraction of sp³-hybridized carbons (Fsp3) is 0. The highest BCUT2D eigenvalue weighted by molar-refractivity contribution is 6.19. The summed E-state index contributed by atoms with van der Waals surface area (Å²) in [5, 5.41) is 12.5. The zero-order valence-electron chi connectivity index (χ0n) is 36.1. The molecule has 12 aromatic carbocycles. The van der Waals surface area contributed by atoms with Crippen LogP contribution < -0.4 is 4.90 Å². The monoisotopic (exact) mass is 838 g/mol. The van der Waals surface area contributed by atoms with E-state index < -0.39 is 0 Å². The highest BCUT2D eigenvalue weighted by Crippen LogP contribution is 2.43. The van der Waals surface area contributed by atoms with Crippen molar-refractivity contribution >= 4 is 82.0 Å². The maximum atomic E-state index is 2.47. The van der Waals surface area contributed by atoms with Crippen LogP contribution in [0.15, 0.2) is 255 Å². The van der Waals surface area contributed by atoms with Gasteiger partial charge in [0.15, 0.2) is 0 Å². The summed E-state index contributed by atoms with van der Waals surface area (Å²) in [7, 11) is 0. The SMILES string of the molecule is c1cc(-c2cccc3ccccc23)cc(N(c2ccc(-c3ccccc3-n3c4ccccc4c4ccc5ccccc5c43)cc2)c2ccc(-c3cc4ccccc4c4ccccc34)cc2)c1. The third-order valence-electron chi connectivity index (χ3n) is 13.6. The quantitative estimate of drug-likeness (QED) is 0.145. The van der Waals surface area contributed by atoms with Crippen LogP contribution in [-0.4, -0.2) is 4.57 Å². The summed E-state index contributed by atoms with van der Waals surface area (Å²) in [4.78, 5) is 2.39. The maximum Gasteiger partial charge on any atom is 0.0619 e. The Kier molecular flexibility index (Phi) is 8.89. The van der Waals surface area contributed by atoms with Gasteiger partial charge in [0, 0.05) is 38.8 Å². The van der Waals surface area contributed by atoms with E-state index in [1.54, 1.807) is 0 Å². The summed E-state index contributed by atoms with van der Waals surface area (Å²) in [5.74, 6) is 0. The molecule has 0 fully saturated rings. The minimum Gasteiger partial charge on any atom is -0.310 e. The first-order valence-corrected chi connectivity index (χ1v) is 22.8. The van der Waals surface area contributed by atoms with Gasteiger partial charge in [0.25, 0.3) is 0 Å². The van der Waals surface area contributed by atoms with Gasteiger partial charge in [0.2, 0.25) is 0 Å². The number of hydrogen-bond donors (Lipinski definition) is 0. The molecule has 0 atom stereocenters. The lowest BCUT2D eigenvalue weighted by Gasteiger charge is -2.27. The van der Waals surface area contributed by atoms with E-state index in [1.165, 1.54) is 92.7 Å². The van der Waals surface area contributed by atoms with Crippen LogP contribution in [0.2, 0.25) is 0 Å². The number of fused-ring (bicyclic) bond motifs is 9. The predicted molar refractivity (Wildman–Crippen MR) is 282 cm³/mol. The Morgan fingerprint density at radius 2 is 0.803 bits per heavy atom. The maximum absolute atomic E-state index is 2.47. The van der Waals surface area contributed by atoms with E-state index in [0.29, 0.717) is 0 Å². The summed E-state index contributed by atoms with van der Waals surface area (Å²) in [5.41, 5.74) is 14.0. The lowest BCUT2D eigenvalue weighted by atomic mass is 9.93. The van der Waals surface area contributed by atoms with Crippen molar-refractivity contribution in [2.75, 3.05) is 4.90 Å². The van der Waals surface area contributed by atoms with Crippen LogP contribution in [0.4, 0.5) is 17.1 Å². The third-order valence-corrected chi connectivity index (χ3v) is 13.6. The van der Waals surface area contributed by atoms with Gasteiger partial charge in [-0.2, -0.15) is 0 Å². The fourth-order valence-electron chi connectivity index (χ4n) is 10.5. The van der Waals surface area contributed by atoms with Crippen molar-refractivity contribution in [3.05, 3.63) is 255 Å². The molecule has 0 N–H and O–H groups in total. The van der Waals surface area contributed by atoms with Gasteiger partial charge in [-0.15, -0.1) is 0 Å². The lowest BCUT2D eigenvalue weighted by molar-refractivity contribution is 1.19. The molecule has 2 nitrogen and oxygen atoms in total. The molecule has 13 aromatic rings. The summed E-state index contributed by atoms with van der Waals surface area (Å²) in [6, 6.07) is 93.3. The Bertz CT molecular complexity index is 3980. The smallest absolute Gasteiger partial charge is 0.0619 e. The molecule has 308 valence electrons. The average Bonchev–Trinajstić information content (AvgIpc) is 3.74. The highest BCUT2D eigenvalue weighted by Gasteiger charge is 2.20. The first-order valence-electron chi connectivity index (χ1n) is 22.8. The van der Waals surface area contributed by atoms with Crippen molar-refractivity contribution in [3.63, 3.8) is 0 Å². The molecule has 0 bridgehead atoms. The van der Waals surface area contributed by atoms with E-state index >= 15 is 0 Å². The zero-order chi connectivity index (χ0) is 43.6. The first-order chi connectivity index (χ1) is 32.7. The van der Waals surface area contributed by atoms with Crippen molar-refractivity contribution in [1.82, 2.24) is 4.57 Å². The van der Waals surface area contributed by atoms with Crippen molar-refractivity contribution < 1.29 is 0 Å². The van der Waals surface area contributed by atoms with Crippen molar-refractivity contribution in [2.45, 2.75) is 0 Å². The largest absolute Gasteiger partial charge is 0.310 e. The van der Waals surface area contributed by atoms with E-state index in [2.05, 4.69) is 264 Å². The van der Waals surface area contributed by atoms with Gasteiger partial charge in [-0.3, -0.25) is 0 Å². The van der Waals surface area contributed by atoms with Crippen molar-refractivity contribution in [2.24, 2.45) is 0 Å². The number of para-hydroxylation sites is 2. The van der Waals surface area contributed by atoms with Crippen LogP contribution in [0.1, 0.15) is 0 Å². The van der Waals surface area contributed by atoms with Gasteiger partial charge in [-0.25, -0.2) is 0 Å². The summed E-state index contributed by atoms with van der Waals surface area (Å²) < 4.78 is 2.47. The Labute approximate surface area is 383 Å². The zero-order valence-corrected chi connectivity index (χ0v) is 36.1. The van der Waals surface area contributed by atoms with Gasteiger partial charge in [-0.1, -0.05) is 200 Å². The van der Waals surface area contributed by atoms with Gasteiger partial charge < -0.3 is 9.47 Å². The summed E-state index contributed by atoms with van der Waals surface area (Å²) >= 11 is 0. The summed E-state index contributed by atoms with van der Waals surface area (Å²) in [6.45, 7) is 0. The van der Waals surface area contributed by atoms with E-state index in [0.717, 1.165) is 28.3 Å². The molecule has 0 spiro atoms. The Morgan fingerprint density at radius 1 is 0.258 bits per heavy atom. The summed E-state index contributed by atoms with van der Waals surface area (Å²) in [6.07, 6.45) is 0. The van der Waals surface area contributed by atoms with Gasteiger partial charge in [0.05, 0.1) is 16.7 Å². The molecule has 0 radical (unpaired) electrons. The minimum atomic E-state index is 1.08. The van der Waals surface area contributed by atoms with Gasteiger partial charge in [-0.05, 0) is 120 Å². The predicted octanol–water partition coefficient (Wildman–Crippen LogP) is 17.9. The van der Waals surface area contributed by atoms with Gasteiger partial charge in [0.1, 0.15) is 0 Å². The van der Waals surface area contributed by atoms with E-state index in [-0.39, 0.29) is 0 Å². The number of nitrogens with zero attached hydrogens (tertiary/aromatic N) is 2. The Balaban J connectivity index is 0.954. The molecule has 0 aliphatic rings. The normalized spacial score (nSPS) is 11.6. The van der Waals surface area contributed by atoms with Crippen LogP contribution in [0, 0.1) is 0 Å². The van der Waals surface area contributed by atoms with E-state index in [1.807, 2.05) is 0 Å². The second-order valence-electron chi connectivity index (χ2n) is 17.2. The standard InChI is InChI=1S/C64H42N2/c1-4-21-52-43(15-1)18-14-28-53(52)47-19-13-20-51(41-47)65(50-38-33-46(34-39-50)61-42-48-17-3-5-22-54(48)57-25-7-8-26-58(57)61)49-36-31-45(32-37-49)55-23-9-11-29-62(55)66-63-30-12-10-27-59(63)60-40-35-44-16-2-6-24-56(44)64(60)66/h1-42H.